The molecule has 41 heavy (non-hydrogen) atoms. The molecule has 0 spiro atoms. The van der Waals surface area contributed by atoms with Gasteiger partial charge in [0.05, 0.1) is 11.9 Å². The van der Waals surface area contributed by atoms with Gasteiger partial charge in [0, 0.05) is 23.5 Å². The predicted molar refractivity (Wildman–Crippen MR) is 169 cm³/mol. The maximum atomic E-state index is 14.1. The fourth-order valence-electron chi connectivity index (χ4n) is 4.46. The van der Waals surface area contributed by atoms with Crippen LogP contribution in [0.1, 0.15) is 51.3 Å². The Labute approximate surface area is 253 Å². The van der Waals surface area contributed by atoms with Gasteiger partial charge in [-0.3, -0.25) is 13.9 Å². The van der Waals surface area contributed by atoms with Gasteiger partial charge in [0.2, 0.25) is 21.8 Å². The van der Waals surface area contributed by atoms with Crippen molar-refractivity contribution in [1.29, 1.82) is 0 Å². The number of halogens is 1. The van der Waals surface area contributed by atoms with E-state index in [0.29, 0.717) is 5.69 Å². The van der Waals surface area contributed by atoms with Gasteiger partial charge in [-0.25, -0.2) is 8.42 Å². The number of carbonyl (C=O) groups excluding carboxylic acids is 2. The Bertz CT molecular complexity index is 1420. The number of hydrogen-bond acceptors (Lipinski definition) is 4. The smallest absolute Gasteiger partial charge is 0.244 e. The molecule has 2 amide bonds. The van der Waals surface area contributed by atoms with E-state index in [2.05, 4.69) is 42.0 Å². The number of nitrogens with zero attached hydrogens (tertiary/aromatic N) is 2. The summed E-state index contributed by atoms with van der Waals surface area (Å²) in [4.78, 5) is 29.2. The van der Waals surface area contributed by atoms with E-state index < -0.39 is 28.5 Å². The predicted octanol–water partition coefficient (Wildman–Crippen LogP) is 5.68. The SMILES string of the molecule is CC(C)NC(=O)[C@@H](Cc1ccccc1)N(Cc1ccc(Br)cc1)C(=O)CN(c1ccc(C(C)(C)C)cc1)S(C)(=O)=O. The van der Waals surface area contributed by atoms with Crippen LogP contribution in [0.5, 0.6) is 0 Å². The van der Waals surface area contributed by atoms with Crippen LogP contribution in [0.2, 0.25) is 0 Å². The lowest BCUT2D eigenvalue weighted by Crippen LogP contribution is -2.54. The van der Waals surface area contributed by atoms with Gasteiger partial charge in [-0.1, -0.05) is 91.3 Å². The number of hydrogen-bond donors (Lipinski definition) is 1. The first-order valence-corrected chi connectivity index (χ1v) is 16.3. The minimum Gasteiger partial charge on any atom is -0.352 e. The van der Waals surface area contributed by atoms with Gasteiger partial charge in [-0.15, -0.1) is 0 Å². The van der Waals surface area contributed by atoms with Crippen molar-refractivity contribution in [2.45, 2.75) is 65.1 Å². The summed E-state index contributed by atoms with van der Waals surface area (Å²) in [5.74, 6) is -0.771. The zero-order chi connectivity index (χ0) is 30.4. The van der Waals surface area contributed by atoms with Crippen LogP contribution in [0.15, 0.2) is 83.3 Å². The molecule has 0 bridgehead atoms. The van der Waals surface area contributed by atoms with Crippen LogP contribution < -0.4 is 9.62 Å². The molecule has 3 aromatic rings. The molecule has 7 nitrogen and oxygen atoms in total. The normalized spacial score (nSPS) is 12.6. The Hall–Kier alpha value is -3.17. The molecule has 0 saturated heterocycles. The number of rotatable bonds is 11. The van der Waals surface area contributed by atoms with Crippen molar-refractivity contribution in [2.75, 3.05) is 17.1 Å². The zero-order valence-corrected chi connectivity index (χ0v) is 27.0. The van der Waals surface area contributed by atoms with Crippen LogP contribution in [0, 0.1) is 0 Å². The summed E-state index contributed by atoms with van der Waals surface area (Å²) in [6.45, 7) is 9.66. The molecule has 0 aromatic heterocycles. The molecular weight excluding hydrogens is 602 g/mol. The largest absolute Gasteiger partial charge is 0.352 e. The van der Waals surface area contributed by atoms with Gasteiger partial charge in [-0.05, 0) is 60.2 Å². The summed E-state index contributed by atoms with van der Waals surface area (Å²) in [5.41, 5.74) is 3.04. The molecule has 3 rings (SSSR count). The quantitative estimate of drug-likeness (QED) is 0.292. The second kappa shape index (κ2) is 13.7. The number of benzene rings is 3. The molecule has 0 aliphatic heterocycles. The highest BCUT2D eigenvalue weighted by atomic mass is 79.9. The Morgan fingerprint density at radius 2 is 1.46 bits per heavy atom. The van der Waals surface area contributed by atoms with Crippen LogP contribution in [-0.2, 0) is 38.0 Å². The van der Waals surface area contributed by atoms with Gasteiger partial charge < -0.3 is 10.2 Å². The minimum absolute atomic E-state index is 0.111. The fourth-order valence-corrected chi connectivity index (χ4v) is 5.58. The molecule has 3 aromatic carbocycles. The average Bonchev–Trinajstić information content (AvgIpc) is 2.89. The summed E-state index contributed by atoms with van der Waals surface area (Å²) >= 11 is 3.44. The first kappa shape index (κ1) is 32.3. The molecule has 0 radical (unpaired) electrons. The molecule has 0 fully saturated rings. The van der Waals surface area contributed by atoms with Gasteiger partial charge in [0.25, 0.3) is 0 Å². The minimum atomic E-state index is -3.82. The van der Waals surface area contributed by atoms with Crippen LogP contribution in [0.3, 0.4) is 0 Å². The van der Waals surface area contributed by atoms with E-state index in [1.807, 2.05) is 80.6 Å². The third-order valence-electron chi connectivity index (χ3n) is 6.67. The molecule has 0 saturated carbocycles. The number of nitrogens with one attached hydrogen (secondary N) is 1. The van der Waals surface area contributed by atoms with Crippen LogP contribution in [-0.4, -0.2) is 50.0 Å². The molecule has 9 heteroatoms. The molecule has 220 valence electrons. The summed E-state index contributed by atoms with van der Waals surface area (Å²) < 4.78 is 28.0. The summed E-state index contributed by atoms with van der Waals surface area (Å²) in [5, 5.41) is 2.96. The van der Waals surface area contributed by atoms with Gasteiger partial charge in [0.1, 0.15) is 12.6 Å². The monoisotopic (exact) mass is 641 g/mol. The van der Waals surface area contributed by atoms with Gasteiger partial charge in [-0.2, -0.15) is 0 Å². The fraction of sp³-hybridized carbons (Fsp3) is 0.375. The number of carbonyl (C=O) groups is 2. The number of anilines is 1. The van der Waals surface area contributed by atoms with Crippen molar-refractivity contribution in [2.24, 2.45) is 0 Å². The van der Waals surface area contributed by atoms with E-state index in [1.54, 1.807) is 12.1 Å². The van der Waals surface area contributed by atoms with E-state index in [9.17, 15) is 18.0 Å². The molecule has 0 unspecified atom stereocenters. The molecule has 0 aliphatic rings. The Morgan fingerprint density at radius 1 is 0.878 bits per heavy atom. The molecule has 0 heterocycles. The third-order valence-corrected chi connectivity index (χ3v) is 8.34. The standard InChI is InChI=1S/C32H40BrN3O4S/c1-23(2)34-31(38)29(20-24-10-8-7-9-11-24)35(21-25-12-16-27(33)17-13-25)30(37)22-36(41(6,39)40)28-18-14-26(15-19-28)32(3,4)5/h7-19,23,29H,20-22H2,1-6H3,(H,34,38)/t29-/m1/s1. The molecule has 0 aliphatic carbocycles. The highest BCUT2D eigenvalue weighted by Crippen LogP contribution is 2.26. The zero-order valence-electron chi connectivity index (χ0n) is 24.6. The second-order valence-corrected chi connectivity index (χ2v) is 14.4. The maximum Gasteiger partial charge on any atom is 0.244 e. The Kier molecular flexibility index (Phi) is 10.8. The lowest BCUT2D eigenvalue weighted by atomic mass is 9.87. The lowest BCUT2D eigenvalue weighted by molar-refractivity contribution is -0.140. The molecule has 1 N–H and O–H groups in total. The Morgan fingerprint density at radius 3 is 1.98 bits per heavy atom. The Balaban J connectivity index is 2.04. The summed E-state index contributed by atoms with van der Waals surface area (Å²) in [7, 11) is -3.82. The van der Waals surface area contributed by atoms with E-state index in [1.165, 1.54) is 4.90 Å². The highest BCUT2D eigenvalue weighted by Gasteiger charge is 2.33. The first-order valence-electron chi connectivity index (χ1n) is 13.6. The van der Waals surface area contributed by atoms with E-state index in [0.717, 1.165) is 31.7 Å². The number of sulfonamides is 1. The second-order valence-electron chi connectivity index (χ2n) is 11.6. The van der Waals surface area contributed by atoms with Crippen molar-refractivity contribution < 1.29 is 18.0 Å². The van der Waals surface area contributed by atoms with Gasteiger partial charge >= 0.3 is 0 Å². The maximum absolute atomic E-state index is 14.1. The van der Waals surface area contributed by atoms with Crippen LogP contribution >= 0.6 is 15.9 Å². The summed E-state index contributed by atoms with van der Waals surface area (Å²) in [6, 6.07) is 23.2. The van der Waals surface area contributed by atoms with E-state index >= 15 is 0 Å². The average molecular weight is 643 g/mol. The first-order chi connectivity index (χ1) is 19.1. The van der Waals surface area contributed by atoms with E-state index in [4.69, 9.17) is 0 Å². The van der Waals surface area contributed by atoms with Gasteiger partial charge in [0.15, 0.2) is 0 Å². The van der Waals surface area contributed by atoms with Crippen molar-refractivity contribution in [3.8, 4) is 0 Å². The van der Waals surface area contributed by atoms with Crippen molar-refractivity contribution in [3.05, 3.63) is 100 Å². The summed E-state index contributed by atoms with van der Waals surface area (Å²) in [6.07, 6.45) is 1.37. The number of amides is 2. The topological polar surface area (TPSA) is 86.8 Å². The lowest BCUT2D eigenvalue weighted by Gasteiger charge is -2.34. The van der Waals surface area contributed by atoms with Crippen molar-refractivity contribution in [3.63, 3.8) is 0 Å². The van der Waals surface area contributed by atoms with E-state index in [-0.39, 0.29) is 30.3 Å². The van der Waals surface area contributed by atoms with Crippen molar-refractivity contribution >= 4 is 43.5 Å². The molecular formula is C32H40BrN3O4S. The van der Waals surface area contributed by atoms with Crippen molar-refractivity contribution in [1.82, 2.24) is 10.2 Å². The third kappa shape index (κ3) is 9.43. The highest BCUT2D eigenvalue weighted by molar-refractivity contribution is 9.10. The van der Waals surface area contributed by atoms with Crippen LogP contribution in [0.25, 0.3) is 0 Å². The molecule has 1 atom stereocenters. The van der Waals surface area contributed by atoms with Crippen LogP contribution in [0.4, 0.5) is 5.69 Å².